The lowest BCUT2D eigenvalue weighted by molar-refractivity contribution is -0.125. The van der Waals surface area contributed by atoms with E-state index in [1.165, 1.54) is 49.8 Å². The summed E-state index contributed by atoms with van der Waals surface area (Å²) in [5.41, 5.74) is 6.58. The monoisotopic (exact) mass is 458 g/mol. The molecule has 2 aromatic carbocycles. The number of fused-ring (bicyclic) bond motifs is 1. The molecule has 0 spiro atoms. The van der Waals surface area contributed by atoms with Gasteiger partial charge in [0, 0.05) is 24.1 Å². The van der Waals surface area contributed by atoms with E-state index >= 15 is 0 Å². The molecule has 1 aliphatic carbocycles. The Morgan fingerprint density at radius 1 is 0.971 bits per heavy atom. The molecule has 0 saturated heterocycles. The normalized spacial score (nSPS) is 20.5. The average Bonchev–Trinajstić information content (AvgIpc) is 2.83. The van der Waals surface area contributed by atoms with Crippen molar-refractivity contribution >= 4 is 23.5 Å². The van der Waals surface area contributed by atoms with Crippen LogP contribution in [0, 0.1) is 18.8 Å². The van der Waals surface area contributed by atoms with E-state index in [4.69, 9.17) is 4.84 Å². The lowest BCUT2D eigenvalue weighted by Crippen LogP contribution is -2.33. The fraction of sp³-hybridized carbons (Fsp3) is 0.429. The lowest BCUT2D eigenvalue weighted by Gasteiger charge is -2.32. The number of carbonyl (C=O) groups is 1. The average molecular weight is 459 g/mol. The molecule has 0 bridgehead atoms. The van der Waals surface area contributed by atoms with Crippen molar-refractivity contribution in [2.24, 2.45) is 27.2 Å². The van der Waals surface area contributed by atoms with Crippen molar-refractivity contribution in [3.8, 4) is 0 Å². The molecule has 6 nitrogen and oxygen atoms in total. The molecule has 2 unspecified atom stereocenters. The van der Waals surface area contributed by atoms with Crippen molar-refractivity contribution in [3.05, 3.63) is 70.8 Å². The van der Waals surface area contributed by atoms with Crippen molar-refractivity contribution in [1.82, 2.24) is 5.32 Å². The van der Waals surface area contributed by atoms with Crippen molar-refractivity contribution < 1.29 is 9.63 Å². The van der Waals surface area contributed by atoms with E-state index in [2.05, 4.69) is 51.9 Å². The highest BCUT2D eigenvalue weighted by Gasteiger charge is 2.32. The minimum atomic E-state index is -0.205. The molecule has 1 fully saturated rings. The van der Waals surface area contributed by atoms with Crippen LogP contribution in [0.2, 0.25) is 0 Å². The molecule has 2 atom stereocenters. The first-order chi connectivity index (χ1) is 16.6. The Morgan fingerprint density at radius 2 is 1.68 bits per heavy atom. The third-order valence-corrected chi connectivity index (χ3v) is 6.76. The first-order valence-electron chi connectivity index (χ1n) is 12.3. The van der Waals surface area contributed by atoms with Crippen molar-refractivity contribution in [2.75, 3.05) is 6.61 Å². The molecule has 2 aliphatic rings. The molecule has 34 heavy (non-hydrogen) atoms. The highest BCUT2D eigenvalue weighted by molar-refractivity contribution is 6.06. The Bertz CT molecular complexity index is 1050. The quantitative estimate of drug-likeness (QED) is 0.444. The number of oxime groups is 1. The van der Waals surface area contributed by atoms with E-state index in [-0.39, 0.29) is 12.5 Å². The topological polar surface area (TPSA) is 75.4 Å². The summed E-state index contributed by atoms with van der Waals surface area (Å²) in [4.78, 5) is 17.2. The molecule has 1 amide bonds. The van der Waals surface area contributed by atoms with Crippen LogP contribution in [0.25, 0.3) is 0 Å². The second-order valence-corrected chi connectivity index (χ2v) is 9.32. The summed E-state index contributed by atoms with van der Waals surface area (Å²) < 4.78 is 0. The third-order valence-electron chi connectivity index (χ3n) is 6.76. The Hall–Kier alpha value is -3.28. The molecule has 0 radical (unpaired) electrons. The predicted molar refractivity (Wildman–Crippen MR) is 137 cm³/mol. The van der Waals surface area contributed by atoms with Gasteiger partial charge < -0.3 is 10.2 Å². The largest absolute Gasteiger partial charge is 0.386 e. The fourth-order valence-electron chi connectivity index (χ4n) is 4.76. The summed E-state index contributed by atoms with van der Waals surface area (Å²) in [6, 6.07) is 16.2. The number of amides is 1. The van der Waals surface area contributed by atoms with Crippen LogP contribution in [0.15, 0.2) is 63.9 Å². The Kier molecular flexibility index (Phi) is 8.23. The summed E-state index contributed by atoms with van der Waals surface area (Å²) in [6.45, 7) is 4.49. The van der Waals surface area contributed by atoms with Gasteiger partial charge in [-0.3, -0.25) is 4.79 Å². The molecule has 0 aromatic heterocycles. The van der Waals surface area contributed by atoms with Gasteiger partial charge in [-0.05, 0) is 43.4 Å². The van der Waals surface area contributed by atoms with E-state index < -0.39 is 0 Å². The maximum Gasteiger partial charge on any atom is 0.261 e. The van der Waals surface area contributed by atoms with Gasteiger partial charge in [0.15, 0.2) is 6.61 Å². The number of nitrogens with zero attached hydrogens (tertiary/aromatic N) is 3. The lowest BCUT2D eigenvalue weighted by atomic mass is 9.74. The highest BCUT2D eigenvalue weighted by Crippen LogP contribution is 2.34. The zero-order chi connectivity index (χ0) is 23.8. The zero-order valence-electron chi connectivity index (χ0n) is 20.2. The van der Waals surface area contributed by atoms with Crippen molar-refractivity contribution in [1.29, 1.82) is 0 Å². The van der Waals surface area contributed by atoms with Gasteiger partial charge in [0.1, 0.15) is 0 Å². The van der Waals surface area contributed by atoms with E-state index in [0.717, 1.165) is 22.4 Å². The second-order valence-electron chi connectivity index (χ2n) is 9.32. The van der Waals surface area contributed by atoms with Gasteiger partial charge in [0.05, 0.1) is 11.9 Å². The summed E-state index contributed by atoms with van der Waals surface area (Å²) in [5, 5.41) is 15.9. The molecule has 178 valence electrons. The zero-order valence-corrected chi connectivity index (χ0v) is 20.2. The number of benzene rings is 2. The van der Waals surface area contributed by atoms with Gasteiger partial charge in [0.2, 0.25) is 0 Å². The van der Waals surface area contributed by atoms with Crippen LogP contribution >= 0.6 is 0 Å². The number of nitrogens with one attached hydrogen (secondary N) is 1. The Balaban J connectivity index is 1.28. The van der Waals surface area contributed by atoms with Crippen LogP contribution in [0.5, 0.6) is 0 Å². The van der Waals surface area contributed by atoms with Gasteiger partial charge in [-0.25, -0.2) is 0 Å². The van der Waals surface area contributed by atoms with Crippen molar-refractivity contribution in [3.63, 3.8) is 0 Å². The smallest absolute Gasteiger partial charge is 0.261 e. The van der Waals surface area contributed by atoms with Gasteiger partial charge in [-0.1, -0.05) is 84.9 Å². The molecule has 4 rings (SSSR count). The maximum absolute atomic E-state index is 12.1. The Morgan fingerprint density at radius 3 is 2.41 bits per heavy atom. The van der Waals surface area contributed by atoms with Crippen LogP contribution in [0.1, 0.15) is 67.7 Å². The summed E-state index contributed by atoms with van der Waals surface area (Å²) in [6.07, 6.45) is 9.17. The summed E-state index contributed by atoms with van der Waals surface area (Å²) >= 11 is 0. The molecule has 6 heteroatoms. The number of aryl methyl sites for hydroxylation is 1. The molecule has 1 aliphatic heterocycles. The molecule has 1 N–H and O–H groups in total. The van der Waals surface area contributed by atoms with Crippen LogP contribution < -0.4 is 5.32 Å². The first kappa shape index (κ1) is 23.9. The molecule has 1 heterocycles. The highest BCUT2D eigenvalue weighted by atomic mass is 16.6. The molecular formula is C28H34N4O2. The SMILES string of the molecule is CC1=NN=C(c2ccc(CNC(=O)CO/N=C/c3ccc(C)cc3)cc2)C2CCCCCCC12. The van der Waals surface area contributed by atoms with Gasteiger partial charge in [0.25, 0.3) is 5.91 Å². The summed E-state index contributed by atoms with van der Waals surface area (Å²) in [7, 11) is 0. The minimum Gasteiger partial charge on any atom is -0.386 e. The second kappa shape index (κ2) is 11.7. The third kappa shape index (κ3) is 6.40. The Labute approximate surface area is 202 Å². The van der Waals surface area contributed by atoms with Gasteiger partial charge >= 0.3 is 0 Å². The van der Waals surface area contributed by atoms with Crippen molar-refractivity contribution in [2.45, 2.75) is 58.9 Å². The molecular weight excluding hydrogens is 424 g/mol. The summed E-state index contributed by atoms with van der Waals surface area (Å²) in [5.74, 6) is 0.769. The number of hydrogen-bond donors (Lipinski definition) is 1. The fourth-order valence-corrected chi connectivity index (χ4v) is 4.76. The number of rotatable bonds is 7. The van der Waals surface area contributed by atoms with Gasteiger partial charge in [-0.15, -0.1) is 0 Å². The molecule has 2 aromatic rings. The predicted octanol–water partition coefficient (Wildman–Crippen LogP) is 5.43. The van der Waals surface area contributed by atoms with Gasteiger partial charge in [-0.2, -0.15) is 10.2 Å². The van der Waals surface area contributed by atoms with Crippen LogP contribution in [0.3, 0.4) is 0 Å². The number of hydrogen-bond acceptors (Lipinski definition) is 5. The number of carbonyl (C=O) groups excluding carboxylic acids is 1. The molecule has 1 saturated carbocycles. The maximum atomic E-state index is 12.1. The van der Waals surface area contributed by atoms with E-state index in [1.54, 1.807) is 6.21 Å². The van der Waals surface area contributed by atoms with Crippen LogP contribution in [0.4, 0.5) is 0 Å². The van der Waals surface area contributed by atoms with E-state index in [9.17, 15) is 4.79 Å². The van der Waals surface area contributed by atoms with Crippen LogP contribution in [-0.4, -0.2) is 30.2 Å². The standard InChI is InChI=1S/C28H34N4O2/c1-20-9-11-23(12-10-20)18-30-34-19-27(33)29-17-22-13-15-24(16-14-22)28-26-8-6-4-3-5-7-25(26)21(2)31-32-28/h9-16,18,25-26H,3-8,17,19H2,1-2H3,(H,29,33)/b30-18+. The minimum absolute atomic E-state index is 0.113. The van der Waals surface area contributed by atoms with E-state index in [1.807, 2.05) is 31.2 Å². The van der Waals surface area contributed by atoms with Crippen LogP contribution in [-0.2, 0) is 16.2 Å². The van der Waals surface area contributed by atoms with E-state index in [0.29, 0.717) is 18.4 Å². The first-order valence-corrected chi connectivity index (χ1v) is 12.3.